The van der Waals surface area contributed by atoms with E-state index in [4.69, 9.17) is 4.42 Å². The first-order valence-electron chi connectivity index (χ1n) is 5.26. The van der Waals surface area contributed by atoms with E-state index in [9.17, 15) is 0 Å². The number of hydrogen-bond acceptors (Lipinski definition) is 4. The molecule has 0 saturated carbocycles. The normalized spacial score (nSPS) is 13.0. The monoisotopic (exact) mass is 220 g/mol. The molecule has 2 aromatic heterocycles. The molecule has 2 heterocycles. The van der Waals surface area contributed by atoms with Gasteiger partial charge in [-0.2, -0.15) is 5.10 Å². The minimum atomic E-state index is 0.114. The lowest BCUT2D eigenvalue weighted by Gasteiger charge is -2.03. The summed E-state index contributed by atoms with van der Waals surface area (Å²) < 4.78 is 7.48. The maximum absolute atomic E-state index is 5.68. The lowest BCUT2D eigenvalue weighted by atomic mass is 10.3. The number of aryl methyl sites for hydroxylation is 2. The molecule has 0 fully saturated rings. The summed E-state index contributed by atoms with van der Waals surface area (Å²) in [6.45, 7) is 3.96. The Morgan fingerprint density at radius 2 is 2.25 bits per heavy atom. The number of oxazole rings is 1. The molecule has 16 heavy (non-hydrogen) atoms. The summed E-state index contributed by atoms with van der Waals surface area (Å²) in [5.74, 6) is 1.44. The van der Waals surface area contributed by atoms with E-state index in [0.29, 0.717) is 5.89 Å². The van der Waals surface area contributed by atoms with Gasteiger partial charge in [0.2, 0.25) is 5.89 Å². The molecule has 0 amide bonds. The number of nitrogens with one attached hydrogen (secondary N) is 1. The molecule has 0 aliphatic carbocycles. The van der Waals surface area contributed by atoms with Crippen molar-refractivity contribution in [2.24, 2.45) is 7.05 Å². The van der Waals surface area contributed by atoms with Crippen molar-refractivity contribution in [2.75, 3.05) is 7.05 Å². The van der Waals surface area contributed by atoms with Crippen LogP contribution in [0, 0.1) is 6.92 Å². The topological polar surface area (TPSA) is 55.9 Å². The fraction of sp³-hybridized carbons (Fsp3) is 0.455. The van der Waals surface area contributed by atoms with Crippen LogP contribution in [0.5, 0.6) is 0 Å². The van der Waals surface area contributed by atoms with E-state index in [0.717, 1.165) is 17.1 Å². The molecule has 0 aliphatic heterocycles. The molecule has 1 atom stereocenters. The molecule has 0 saturated heterocycles. The minimum absolute atomic E-state index is 0.114. The van der Waals surface area contributed by atoms with Gasteiger partial charge in [-0.1, -0.05) is 0 Å². The molecular weight excluding hydrogens is 204 g/mol. The summed E-state index contributed by atoms with van der Waals surface area (Å²) in [7, 11) is 3.77. The summed E-state index contributed by atoms with van der Waals surface area (Å²) in [4.78, 5) is 4.24. The first-order valence-corrected chi connectivity index (χ1v) is 5.26. The van der Waals surface area contributed by atoms with Gasteiger partial charge >= 0.3 is 0 Å². The van der Waals surface area contributed by atoms with E-state index in [1.165, 1.54) is 0 Å². The molecule has 0 spiro atoms. The van der Waals surface area contributed by atoms with Gasteiger partial charge < -0.3 is 9.73 Å². The highest BCUT2D eigenvalue weighted by molar-refractivity contribution is 5.51. The SMILES string of the molecule is CNC(C)c1ncc(-c2cc(C)nn2C)o1. The van der Waals surface area contributed by atoms with Crippen LogP contribution >= 0.6 is 0 Å². The van der Waals surface area contributed by atoms with E-state index in [1.807, 2.05) is 34.0 Å². The minimum Gasteiger partial charge on any atom is -0.437 e. The number of hydrogen-bond donors (Lipinski definition) is 1. The maximum atomic E-state index is 5.68. The van der Waals surface area contributed by atoms with Crippen LogP contribution < -0.4 is 5.32 Å². The van der Waals surface area contributed by atoms with Gasteiger partial charge in [0, 0.05) is 7.05 Å². The fourth-order valence-electron chi connectivity index (χ4n) is 1.57. The van der Waals surface area contributed by atoms with Crippen LogP contribution in [0.25, 0.3) is 11.5 Å². The predicted molar refractivity (Wildman–Crippen MR) is 60.9 cm³/mol. The number of nitrogens with zero attached hydrogens (tertiary/aromatic N) is 3. The van der Waals surface area contributed by atoms with Gasteiger partial charge in [0.25, 0.3) is 0 Å². The molecule has 86 valence electrons. The molecule has 0 radical (unpaired) electrons. The number of rotatable bonds is 3. The zero-order valence-corrected chi connectivity index (χ0v) is 9.98. The second kappa shape index (κ2) is 4.09. The second-order valence-corrected chi connectivity index (χ2v) is 3.87. The number of aromatic nitrogens is 3. The molecule has 2 rings (SSSR count). The molecule has 0 aromatic carbocycles. The Balaban J connectivity index is 2.35. The predicted octanol–water partition coefficient (Wildman–Crippen LogP) is 1.66. The van der Waals surface area contributed by atoms with Crippen molar-refractivity contribution in [3.8, 4) is 11.5 Å². The third-order valence-electron chi connectivity index (χ3n) is 2.58. The quantitative estimate of drug-likeness (QED) is 0.854. The van der Waals surface area contributed by atoms with Crippen LogP contribution in [0.4, 0.5) is 0 Å². The van der Waals surface area contributed by atoms with E-state index < -0.39 is 0 Å². The van der Waals surface area contributed by atoms with Crippen LogP contribution in [0.15, 0.2) is 16.7 Å². The fourth-order valence-corrected chi connectivity index (χ4v) is 1.57. The highest BCUT2D eigenvalue weighted by Crippen LogP contribution is 2.22. The molecular formula is C11H16N4O. The van der Waals surface area contributed by atoms with Gasteiger partial charge in [-0.25, -0.2) is 4.98 Å². The van der Waals surface area contributed by atoms with Crippen molar-refractivity contribution in [2.45, 2.75) is 19.9 Å². The lowest BCUT2D eigenvalue weighted by molar-refractivity contribution is 0.439. The smallest absolute Gasteiger partial charge is 0.211 e. The van der Waals surface area contributed by atoms with Crippen molar-refractivity contribution in [1.29, 1.82) is 0 Å². The zero-order valence-electron chi connectivity index (χ0n) is 9.98. The summed E-state index contributed by atoms with van der Waals surface area (Å²) in [6, 6.07) is 2.09. The van der Waals surface area contributed by atoms with E-state index in [1.54, 1.807) is 10.9 Å². The summed E-state index contributed by atoms with van der Waals surface area (Å²) >= 11 is 0. The van der Waals surface area contributed by atoms with Crippen LogP contribution in [-0.2, 0) is 7.05 Å². The van der Waals surface area contributed by atoms with Crippen molar-refractivity contribution in [1.82, 2.24) is 20.1 Å². The molecule has 0 bridgehead atoms. The average Bonchev–Trinajstić information content (AvgIpc) is 2.83. The third-order valence-corrected chi connectivity index (χ3v) is 2.58. The van der Waals surface area contributed by atoms with Crippen molar-refractivity contribution >= 4 is 0 Å². The van der Waals surface area contributed by atoms with E-state index >= 15 is 0 Å². The van der Waals surface area contributed by atoms with Gasteiger partial charge in [0.05, 0.1) is 17.9 Å². The summed E-state index contributed by atoms with van der Waals surface area (Å²) in [5, 5.41) is 7.36. The zero-order chi connectivity index (χ0) is 11.7. The van der Waals surface area contributed by atoms with Crippen LogP contribution in [0.3, 0.4) is 0 Å². The molecule has 5 heteroatoms. The Kier molecular flexibility index (Phi) is 2.78. The maximum Gasteiger partial charge on any atom is 0.211 e. The van der Waals surface area contributed by atoms with Crippen LogP contribution in [-0.4, -0.2) is 21.8 Å². The first-order chi connectivity index (χ1) is 7.61. The van der Waals surface area contributed by atoms with Gasteiger partial charge in [0.1, 0.15) is 5.69 Å². The molecule has 0 aliphatic rings. The third kappa shape index (κ3) is 1.86. The Morgan fingerprint density at radius 3 is 2.81 bits per heavy atom. The average molecular weight is 220 g/mol. The Bertz CT molecular complexity index is 486. The van der Waals surface area contributed by atoms with Crippen molar-refractivity contribution in [3.05, 3.63) is 23.8 Å². The van der Waals surface area contributed by atoms with Gasteiger partial charge in [-0.05, 0) is 27.0 Å². The largest absolute Gasteiger partial charge is 0.437 e. The molecule has 1 N–H and O–H groups in total. The van der Waals surface area contributed by atoms with Gasteiger partial charge in [-0.3, -0.25) is 4.68 Å². The van der Waals surface area contributed by atoms with Crippen molar-refractivity contribution in [3.63, 3.8) is 0 Å². The molecule has 1 unspecified atom stereocenters. The van der Waals surface area contributed by atoms with Crippen molar-refractivity contribution < 1.29 is 4.42 Å². The van der Waals surface area contributed by atoms with E-state index in [2.05, 4.69) is 15.4 Å². The highest BCUT2D eigenvalue weighted by Gasteiger charge is 2.14. The highest BCUT2D eigenvalue weighted by atomic mass is 16.4. The molecule has 5 nitrogen and oxygen atoms in total. The Labute approximate surface area is 94.5 Å². The standard InChI is InChI=1S/C11H16N4O/c1-7-5-9(15(4)14-7)10-6-13-11(16-10)8(2)12-3/h5-6,8,12H,1-4H3. The second-order valence-electron chi connectivity index (χ2n) is 3.87. The Morgan fingerprint density at radius 1 is 1.50 bits per heavy atom. The van der Waals surface area contributed by atoms with Crippen LogP contribution in [0.1, 0.15) is 24.6 Å². The summed E-state index contributed by atoms with van der Waals surface area (Å²) in [5.41, 5.74) is 1.91. The lowest BCUT2D eigenvalue weighted by Crippen LogP contribution is -2.12. The Hall–Kier alpha value is -1.62. The van der Waals surface area contributed by atoms with Gasteiger partial charge in [-0.15, -0.1) is 0 Å². The molecule has 2 aromatic rings. The first kappa shape index (κ1) is 10.9. The summed E-state index contributed by atoms with van der Waals surface area (Å²) in [6.07, 6.45) is 1.74. The van der Waals surface area contributed by atoms with Gasteiger partial charge in [0.15, 0.2) is 5.76 Å². The van der Waals surface area contributed by atoms with E-state index in [-0.39, 0.29) is 6.04 Å². The van der Waals surface area contributed by atoms with Crippen LogP contribution in [0.2, 0.25) is 0 Å².